The van der Waals surface area contributed by atoms with Crippen molar-refractivity contribution in [3.05, 3.63) is 150 Å². The van der Waals surface area contributed by atoms with E-state index >= 15 is 0 Å². The van der Waals surface area contributed by atoms with Gasteiger partial charge in [0.1, 0.15) is 12.2 Å². The van der Waals surface area contributed by atoms with Crippen LogP contribution in [-0.2, 0) is 10.3 Å². The minimum absolute atomic E-state index is 0.303. The van der Waals surface area contributed by atoms with Gasteiger partial charge in [0.15, 0.2) is 0 Å². The van der Waals surface area contributed by atoms with Crippen molar-refractivity contribution in [1.29, 1.82) is 0 Å². The summed E-state index contributed by atoms with van der Waals surface area (Å²) in [7, 11) is 0. The first kappa shape index (κ1) is 20.4. The fourth-order valence-corrected chi connectivity index (χ4v) is 3.53. The van der Waals surface area contributed by atoms with Crippen molar-refractivity contribution < 1.29 is 4.74 Å². The highest BCUT2D eigenvalue weighted by atomic mass is 16.5. The minimum atomic E-state index is -0.746. The van der Waals surface area contributed by atoms with E-state index in [2.05, 4.69) is 60.4 Å². The van der Waals surface area contributed by atoms with Gasteiger partial charge in [0, 0.05) is 5.56 Å². The number of rotatable bonds is 6. The Morgan fingerprint density at radius 2 is 1.10 bits per heavy atom. The Balaban J connectivity index is 1.74. The van der Waals surface area contributed by atoms with Gasteiger partial charge < -0.3 is 4.74 Å². The van der Waals surface area contributed by atoms with Gasteiger partial charge in [0.05, 0.1) is 0 Å². The lowest BCUT2D eigenvalue weighted by Gasteiger charge is -2.31. The monoisotopic (exact) mass is 400 g/mol. The number of ether oxygens (including phenoxy) is 1. The Hall–Kier alpha value is -3.86. The second-order valence-corrected chi connectivity index (χ2v) is 7.17. The van der Waals surface area contributed by atoms with E-state index in [0.29, 0.717) is 6.61 Å². The molecule has 0 aliphatic heterocycles. The van der Waals surface area contributed by atoms with Crippen LogP contribution in [-0.4, -0.2) is 6.61 Å². The van der Waals surface area contributed by atoms with Crippen molar-refractivity contribution in [2.45, 2.75) is 5.60 Å². The molecule has 150 valence electrons. The molecule has 1 heteroatoms. The summed E-state index contributed by atoms with van der Waals surface area (Å²) in [6.07, 6.45) is 4.25. The molecular formula is C30H24O. The maximum Gasteiger partial charge on any atom is 0.138 e. The van der Waals surface area contributed by atoms with Crippen LogP contribution in [0.1, 0.15) is 22.3 Å². The largest absolute Gasteiger partial charge is 0.349 e. The second kappa shape index (κ2) is 10.3. The molecule has 0 spiro atoms. The SMILES string of the molecule is C(#Cc1ccccc1)COC(/C=C/c1ccccc1)(c1ccccc1)c1ccccc1. The third-order valence-electron chi connectivity index (χ3n) is 5.09. The topological polar surface area (TPSA) is 9.23 Å². The molecule has 0 aliphatic rings. The zero-order valence-electron chi connectivity index (χ0n) is 17.3. The Labute approximate surface area is 184 Å². The number of hydrogen-bond acceptors (Lipinski definition) is 1. The van der Waals surface area contributed by atoms with Crippen molar-refractivity contribution in [2.24, 2.45) is 0 Å². The third kappa shape index (κ3) is 5.20. The first-order chi connectivity index (χ1) is 15.4. The summed E-state index contributed by atoms with van der Waals surface area (Å²) in [5.41, 5.74) is 3.49. The van der Waals surface area contributed by atoms with Crippen molar-refractivity contribution in [1.82, 2.24) is 0 Å². The van der Waals surface area contributed by atoms with E-state index in [4.69, 9.17) is 4.74 Å². The molecule has 1 nitrogen and oxygen atoms in total. The molecule has 0 fully saturated rings. The molecule has 0 atom stereocenters. The van der Waals surface area contributed by atoms with Gasteiger partial charge in [-0.3, -0.25) is 0 Å². The molecule has 0 amide bonds. The molecule has 0 heterocycles. The van der Waals surface area contributed by atoms with Crippen LogP contribution in [0.5, 0.6) is 0 Å². The van der Waals surface area contributed by atoms with E-state index in [-0.39, 0.29) is 0 Å². The number of benzene rings is 4. The first-order valence-corrected chi connectivity index (χ1v) is 10.4. The lowest BCUT2D eigenvalue weighted by Crippen LogP contribution is -2.29. The van der Waals surface area contributed by atoms with Crippen molar-refractivity contribution in [3.63, 3.8) is 0 Å². The van der Waals surface area contributed by atoms with E-state index in [0.717, 1.165) is 22.3 Å². The average molecular weight is 401 g/mol. The molecule has 4 aromatic carbocycles. The quantitative estimate of drug-likeness (QED) is 0.327. The normalized spacial score (nSPS) is 11.1. The highest BCUT2D eigenvalue weighted by Crippen LogP contribution is 2.36. The summed E-state index contributed by atoms with van der Waals surface area (Å²) in [5.74, 6) is 6.38. The van der Waals surface area contributed by atoms with Crippen molar-refractivity contribution >= 4 is 6.08 Å². The average Bonchev–Trinajstić information content (AvgIpc) is 2.86. The van der Waals surface area contributed by atoms with Gasteiger partial charge in [0.2, 0.25) is 0 Å². The van der Waals surface area contributed by atoms with Gasteiger partial charge in [-0.05, 0) is 34.9 Å². The molecule has 4 aromatic rings. The second-order valence-electron chi connectivity index (χ2n) is 7.17. The van der Waals surface area contributed by atoms with Crippen LogP contribution < -0.4 is 0 Å². The van der Waals surface area contributed by atoms with E-state index < -0.39 is 5.60 Å². The molecule has 0 saturated heterocycles. The predicted molar refractivity (Wildman–Crippen MR) is 128 cm³/mol. The fourth-order valence-electron chi connectivity index (χ4n) is 3.53. The zero-order chi connectivity index (χ0) is 21.2. The minimum Gasteiger partial charge on any atom is -0.349 e. The summed E-state index contributed by atoms with van der Waals surface area (Å²) in [4.78, 5) is 0. The highest BCUT2D eigenvalue weighted by Gasteiger charge is 2.32. The van der Waals surface area contributed by atoms with Gasteiger partial charge in [-0.15, -0.1) is 0 Å². The third-order valence-corrected chi connectivity index (χ3v) is 5.09. The Morgan fingerprint density at radius 3 is 1.65 bits per heavy atom. The fraction of sp³-hybridized carbons (Fsp3) is 0.0667. The lowest BCUT2D eigenvalue weighted by atomic mass is 9.85. The summed E-state index contributed by atoms with van der Waals surface area (Å²) in [5, 5.41) is 0. The van der Waals surface area contributed by atoms with E-state index in [1.54, 1.807) is 0 Å². The molecule has 0 radical (unpaired) electrons. The van der Waals surface area contributed by atoms with Crippen LogP contribution in [0, 0.1) is 11.8 Å². The van der Waals surface area contributed by atoms with E-state index in [9.17, 15) is 0 Å². The Bertz CT molecular complexity index is 1110. The van der Waals surface area contributed by atoms with Crippen LogP contribution in [0.4, 0.5) is 0 Å². The summed E-state index contributed by atoms with van der Waals surface area (Å²) < 4.78 is 6.58. The van der Waals surface area contributed by atoms with Gasteiger partial charge in [-0.2, -0.15) is 0 Å². The van der Waals surface area contributed by atoms with E-state index in [1.165, 1.54) is 0 Å². The summed E-state index contributed by atoms with van der Waals surface area (Å²) in [6.45, 7) is 0.303. The van der Waals surface area contributed by atoms with Crippen molar-refractivity contribution in [3.8, 4) is 11.8 Å². The molecule has 0 bridgehead atoms. The van der Waals surface area contributed by atoms with Gasteiger partial charge in [-0.1, -0.05) is 127 Å². The smallest absolute Gasteiger partial charge is 0.138 e. The van der Waals surface area contributed by atoms with Crippen molar-refractivity contribution in [2.75, 3.05) is 6.61 Å². The van der Waals surface area contributed by atoms with Gasteiger partial charge in [-0.25, -0.2) is 0 Å². The van der Waals surface area contributed by atoms with E-state index in [1.807, 2.05) is 84.9 Å². The lowest BCUT2D eigenvalue weighted by molar-refractivity contribution is 0.0425. The standard InChI is InChI=1S/C30H24O/c1-5-14-26(15-6-1)18-13-25-31-30(28-19-9-3-10-20-28,29-21-11-4-12-22-29)24-23-27-16-7-2-8-17-27/h1-12,14-17,19-24H,25H2/b24-23+. The van der Waals surface area contributed by atoms with Crippen LogP contribution in [0.3, 0.4) is 0 Å². The van der Waals surface area contributed by atoms with Crippen LogP contribution >= 0.6 is 0 Å². The van der Waals surface area contributed by atoms with Gasteiger partial charge >= 0.3 is 0 Å². The van der Waals surface area contributed by atoms with Crippen LogP contribution in [0.15, 0.2) is 127 Å². The molecular weight excluding hydrogens is 376 g/mol. The molecule has 4 rings (SSSR count). The Morgan fingerprint density at radius 1 is 0.613 bits per heavy atom. The molecule has 31 heavy (non-hydrogen) atoms. The van der Waals surface area contributed by atoms with Crippen LogP contribution in [0.2, 0.25) is 0 Å². The molecule has 0 unspecified atom stereocenters. The molecule has 0 N–H and O–H groups in total. The summed E-state index contributed by atoms with van der Waals surface area (Å²) >= 11 is 0. The Kier molecular flexibility index (Phi) is 6.75. The maximum atomic E-state index is 6.58. The summed E-state index contributed by atoms with van der Waals surface area (Å²) in [6, 6.07) is 40.9. The van der Waals surface area contributed by atoms with Crippen LogP contribution in [0.25, 0.3) is 6.08 Å². The molecule has 0 aromatic heterocycles. The molecule has 0 saturated carbocycles. The number of hydrogen-bond donors (Lipinski definition) is 0. The predicted octanol–water partition coefficient (Wildman–Crippen LogP) is 6.71. The first-order valence-electron chi connectivity index (χ1n) is 10.4. The maximum absolute atomic E-state index is 6.58. The van der Waals surface area contributed by atoms with Gasteiger partial charge in [0.25, 0.3) is 0 Å². The molecule has 0 aliphatic carbocycles. The zero-order valence-corrected chi connectivity index (χ0v) is 17.3. The highest BCUT2D eigenvalue weighted by molar-refractivity contribution is 5.55.